The van der Waals surface area contributed by atoms with Gasteiger partial charge in [0.15, 0.2) is 0 Å². The third-order valence-corrected chi connectivity index (χ3v) is 4.91. The van der Waals surface area contributed by atoms with Crippen molar-refractivity contribution < 1.29 is 9.52 Å². The first kappa shape index (κ1) is 15.9. The first-order chi connectivity index (χ1) is 12.2. The third-order valence-electron chi connectivity index (χ3n) is 4.91. The van der Waals surface area contributed by atoms with Gasteiger partial charge in [0.1, 0.15) is 11.5 Å². The van der Waals surface area contributed by atoms with Crippen LogP contribution in [0.1, 0.15) is 35.9 Å². The van der Waals surface area contributed by atoms with Crippen LogP contribution >= 0.6 is 0 Å². The zero-order valence-corrected chi connectivity index (χ0v) is 14.4. The van der Waals surface area contributed by atoms with Gasteiger partial charge in [-0.05, 0) is 56.1 Å². The number of benzene rings is 2. The highest BCUT2D eigenvalue weighted by Crippen LogP contribution is 2.34. The molecule has 1 N–H and O–H groups in total. The Hall–Kier alpha value is -2.59. The molecule has 3 aromatic rings. The highest BCUT2D eigenvalue weighted by molar-refractivity contribution is 5.53. The number of hydrogen-bond donors (Lipinski definition) is 1. The van der Waals surface area contributed by atoms with E-state index in [1.807, 2.05) is 49.4 Å². The molecule has 4 nitrogen and oxygen atoms in total. The fourth-order valence-electron chi connectivity index (χ4n) is 3.56. The Bertz CT molecular complexity index is 840. The van der Waals surface area contributed by atoms with Crippen molar-refractivity contribution in [3.8, 4) is 17.2 Å². The van der Waals surface area contributed by atoms with E-state index in [0.717, 1.165) is 36.5 Å². The van der Waals surface area contributed by atoms with Crippen molar-refractivity contribution >= 4 is 0 Å². The van der Waals surface area contributed by atoms with Crippen LogP contribution in [0, 0.1) is 6.92 Å². The summed E-state index contributed by atoms with van der Waals surface area (Å²) in [5.74, 6) is 1.89. The van der Waals surface area contributed by atoms with E-state index >= 15 is 0 Å². The second-order valence-electron chi connectivity index (χ2n) is 6.61. The molecule has 1 fully saturated rings. The van der Waals surface area contributed by atoms with Gasteiger partial charge in [-0.1, -0.05) is 30.3 Å². The molecule has 1 saturated heterocycles. The lowest BCUT2D eigenvalue weighted by Gasteiger charge is -2.24. The van der Waals surface area contributed by atoms with Gasteiger partial charge in [0.25, 0.3) is 0 Å². The van der Waals surface area contributed by atoms with Crippen molar-refractivity contribution in [3.05, 3.63) is 71.6 Å². The summed E-state index contributed by atoms with van der Waals surface area (Å²) in [6.07, 6.45) is 2.31. The fraction of sp³-hybridized carbons (Fsp3) is 0.286. The van der Waals surface area contributed by atoms with Crippen molar-refractivity contribution in [2.45, 2.75) is 32.4 Å². The quantitative estimate of drug-likeness (QED) is 0.752. The predicted octanol–water partition coefficient (Wildman–Crippen LogP) is 4.69. The Morgan fingerprint density at radius 2 is 1.88 bits per heavy atom. The number of rotatable bonds is 4. The minimum atomic E-state index is 0.313. The molecular formula is C21H22N2O2. The second-order valence-corrected chi connectivity index (χ2v) is 6.61. The molecule has 1 aromatic heterocycles. The third kappa shape index (κ3) is 3.30. The van der Waals surface area contributed by atoms with Crippen LogP contribution in [-0.2, 0) is 6.54 Å². The van der Waals surface area contributed by atoms with Gasteiger partial charge < -0.3 is 9.52 Å². The molecule has 25 heavy (non-hydrogen) atoms. The molecule has 0 radical (unpaired) electrons. The van der Waals surface area contributed by atoms with Crippen LogP contribution in [0.3, 0.4) is 0 Å². The first-order valence-electron chi connectivity index (χ1n) is 8.75. The van der Waals surface area contributed by atoms with Gasteiger partial charge in [-0.3, -0.25) is 4.90 Å². The van der Waals surface area contributed by atoms with E-state index in [9.17, 15) is 5.11 Å². The van der Waals surface area contributed by atoms with E-state index in [0.29, 0.717) is 17.7 Å². The van der Waals surface area contributed by atoms with Gasteiger partial charge in [0.2, 0.25) is 5.89 Å². The molecule has 4 rings (SSSR count). The van der Waals surface area contributed by atoms with Crippen LogP contribution in [0.5, 0.6) is 5.75 Å². The van der Waals surface area contributed by atoms with Crippen molar-refractivity contribution in [2.75, 3.05) is 6.54 Å². The first-order valence-corrected chi connectivity index (χ1v) is 8.75. The molecular weight excluding hydrogens is 312 g/mol. The maximum atomic E-state index is 9.51. The number of aromatic nitrogens is 1. The Balaban J connectivity index is 1.55. The van der Waals surface area contributed by atoms with E-state index in [4.69, 9.17) is 9.40 Å². The molecule has 0 bridgehead atoms. The molecule has 1 aliphatic heterocycles. The SMILES string of the molecule is Cc1oc(-c2ccccc2)nc1CN1CCCC1c1ccc(O)cc1. The summed E-state index contributed by atoms with van der Waals surface area (Å²) in [5.41, 5.74) is 3.26. The van der Waals surface area contributed by atoms with E-state index in [-0.39, 0.29) is 0 Å². The zero-order valence-electron chi connectivity index (χ0n) is 14.4. The lowest BCUT2D eigenvalue weighted by atomic mass is 10.0. The minimum Gasteiger partial charge on any atom is -0.508 e. The number of oxazole rings is 1. The van der Waals surface area contributed by atoms with Gasteiger partial charge in [-0.2, -0.15) is 0 Å². The summed E-state index contributed by atoms with van der Waals surface area (Å²) in [4.78, 5) is 7.19. The standard InChI is InChI=1S/C21H22N2O2/c1-15-19(22-21(25-15)17-6-3-2-4-7-17)14-23-13-5-8-20(23)16-9-11-18(24)12-10-16/h2-4,6-7,9-12,20,24H,5,8,13-14H2,1H3. The summed E-state index contributed by atoms with van der Waals surface area (Å²) in [5, 5.41) is 9.51. The maximum Gasteiger partial charge on any atom is 0.226 e. The number of phenols is 1. The van der Waals surface area contributed by atoms with Gasteiger partial charge in [0, 0.05) is 18.2 Å². The van der Waals surface area contributed by atoms with Crippen molar-refractivity contribution in [1.29, 1.82) is 0 Å². The van der Waals surface area contributed by atoms with E-state index in [2.05, 4.69) is 4.90 Å². The van der Waals surface area contributed by atoms with Crippen molar-refractivity contribution in [2.24, 2.45) is 0 Å². The normalized spacial score (nSPS) is 17.9. The smallest absolute Gasteiger partial charge is 0.226 e. The van der Waals surface area contributed by atoms with Gasteiger partial charge in [0.05, 0.1) is 5.69 Å². The molecule has 1 unspecified atom stereocenters. The van der Waals surface area contributed by atoms with Gasteiger partial charge >= 0.3 is 0 Å². The zero-order chi connectivity index (χ0) is 17.2. The number of phenolic OH excluding ortho intramolecular Hbond substituents is 1. The molecule has 0 saturated carbocycles. The number of aromatic hydroxyl groups is 1. The topological polar surface area (TPSA) is 49.5 Å². The largest absolute Gasteiger partial charge is 0.508 e. The minimum absolute atomic E-state index is 0.313. The highest BCUT2D eigenvalue weighted by atomic mass is 16.4. The Labute approximate surface area is 147 Å². The molecule has 1 aliphatic rings. The summed E-state index contributed by atoms with van der Waals surface area (Å²) < 4.78 is 5.90. The summed E-state index contributed by atoms with van der Waals surface area (Å²) in [6, 6.07) is 18.0. The molecule has 4 heteroatoms. The number of nitrogens with zero attached hydrogens (tertiary/aromatic N) is 2. The maximum absolute atomic E-state index is 9.51. The molecule has 0 amide bonds. The van der Waals surface area contributed by atoms with Crippen LogP contribution in [-0.4, -0.2) is 21.5 Å². The lowest BCUT2D eigenvalue weighted by Crippen LogP contribution is -2.23. The predicted molar refractivity (Wildman–Crippen MR) is 97.2 cm³/mol. The Morgan fingerprint density at radius 3 is 2.64 bits per heavy atom. The van der Waals surface area contributed by atoms with E-state index in [1.165, 1.54) is 12.0 Å². The lowest BCUT2D eigenvalue weighted by molar-refractivity contribution is 0.244. The number of aryl methyl sites for hydroxylation is 1. The second kappa shape index (κ2) is 6.73. The van der Waals surface area contributed by atoms with Crippen LogP contribution in [0.2, 0.25) is 0 Å². The molecule has 1 atom stereocenters. The molecule has 128 valence electrons. The summed E-state index contributed by atoms with van der Waals surface area (Å²) in [6.45, 7) is 3.83. The average Bonchev–Trinajstić information content (AvgIpc) is 3.24. The molecule has 0 aliphatic carbocycles. The van der Waals surface area contributed by atoms with Crippen molar-refractivity contribution in [3.63, 3.8) is 0 Å². The molecule has 2 heterocycles. The molecule has 0 spiro atoms. The van der Waals surface area contributed by atoms with E-state index in [1.54, 1.807) is 12.1 Å². The Morgan fingerprint density at radius 1 is 1.12 bits per heavy atom. The van der Waals surface area contributed by atoms with Gasteiger partial charge in [-0.25, -0.2) is 4.98 Å². The van der Waals surface area contributed by atoms with E-state index < -0.39 is 0 Å². The van der Waals surface area contributed by atoms with Crippen LogP contribution in [0.4, 0.5) is 0 Å². The van der Waals surface area contributed by atoms with Crippen LogP contribution < -0.4 is 0 Å². The fourth-order valence-corrected chi connectivity index (χ4v) is 3.56. The molecule has 2 aromatic carbocycles. The average molecular weight is 334 g/mol. The Kier molecular flexibility index (Phi) is 4.28. The van der Waals surface area contributed by atoms with Gasteiger partial charge in [-0.15, -0.1) is 0 Å². The summed E-state index contributed by atoms with van der Waals surface area (Å²) >= 11 is 0. The monoisotopic (exact) mass is 334 g/mol. The van der Waals surface area contributed by atoms with Crippen LogP contribution in [0.25, 0.3) is 11.5 Å². The van der Waals surface area contributed by atoms with Crippen molar-refractivity contribution in [1.82, 2.24) is 9.88 Å². The highest BCUT2D eigenvalue weighted by Gasteiger charge is 2.27. The number of hydrogen-bond acceptors (Lipinski definition) is 4. The van der Waals surface area contributed by atoms with Crippen LogP contribution in [0.15, 0.2) is 59.0 Å². The summed E-state index contributed by atoms with van der Waals surface area (Å²) in [7, 11) is 0. The number of likely N-dealkylation sites (tertiary alicyclic amines) is 1.